The molecule has 2 nitrogen and oxygen atoms in total. The van der Waals surface area contributed by atoms with Crippen LogP contribution in [0.3, 0.4) is 0 Å². The normalized spacial score (nSPS) is 19.4. The van der Waals surface area contributed by atoms with Crippen molar-refractivity contribution < 1.29 is 4.74 Å². The van der Waals surface area contributed by atoms with Crippen molar-refractivity contribution in [1.29, 1.82) is 0 Å². The predicted octanol–water partition coefficient (Wildman–Crippen LogP) is 4.69. The lowest BCUT2D eigenvalue weighted by Gasteiger charge is -2.26. The number of methoxy groups -OCH3 is 1. The van der Waals surface area contributed by atoms with Crippen molar-refractivity contribution in [1.82, 2.24) is 5.32 Å². The quantitative estimate of drug-likeness (QED) is 0.848. The van der Waals surface area contributed by atoms with Crippen LogP contribution in [0.4, 0.5) is 0 Å². The summed E-state index contributed by atoms with van der Waals surface area (Å²) in [5, 5.41) is 3.68. The van der Waals surface area contributed by atoms with E-state index in [1.54, 1.807) is 7.11 Å². The minimum absolute atomic E-state index is 0.375. The first-order valence-corrected chi connectivity index (χ1v) is 7.90. The number of rotatable bonds is 5. The van der Waals surface area contributed by atoms with Crippen molar-refractivity contribution in [3.05, 3.63) is 28.2 Å². The van der Waals surface area contributed by atoms with Crippen LogP contribution in [-0.2, 0) is 0 Å². The fraction of sp³-hybridized carbons (Fsp3) is 0.625. The van der Waals surface area contributed by atoms with Gasteiger partial charge in [0.15, 0.2) is 0 Å². The van der Waals surface area contributed by atoms with E-state index in [2.05, 4.69) is 47.2 Å². The second kappa shape index (κ2) is 6.27. The molecular weight excluding hydrogens is 302 g/mol. The maximum Gasteiger partial charge on any atom is 0.133 e. The van der Waals surface area contributed by atoms with Gasteiger partial charge >= 0.3 is 0 Å². The molecule has 0 aliphatic heterocycles. The molecule has 1 saturated carbocycles. The van der Waals surface area contributed by atoms with Crippen LogP contribution in [-0.4, -0.2) is 13.7 Å². The van der Waals surface area contributed by atoms with Gasteiger partial charge in [-0.25, -0.2) is 0 Å². The van der Waals surface area contributed by atoms with E-state index in [-0.39, 0.29) is 0 Å². The van der Waals surface area contributed by atoms with Gasteiger partial charge in [-0.05, 0) is 58.8 Å². The largest absolute Gasteiger partial charge is 0.496 e. The lowest BCUT2D eigenvalue weighted by atomic mass is 9.88. The van der Waals surface area contributed by atoms with Crippen molar-refractivity contribution in [3.63, 3.8) is 0 Å². The van der Waals surface area contributed by atoms with Crippen molar-refractivity contribution in [3.8, 4) is 5.75 Å². The molecule has 1 aromatic carbocycles. The summed E-state index contributed by atoms with van der Waals surface area (Å²) in [6.45, 7) is 5.74. The van der Waals surface area contributed by atoms with E-state index in [9.17, 15) is 0 Å². The van der Waals surface area contributed by atoms with E-state index in [4.69, 9.17) is 4.74 Å². The van der Waals surface area contributed by atoms with Crippen molar-refractivity contribution in [2.45, 2.75) is 45.6 Å². The van der Waals surface area contributed by atoms with Crippen LogP contribution in [0, 0.1) is 5.41 Å². The predicted molar refractivity (Wildman–Crippen MR) is 83.7 cm³/mol. The fourth-order valence-corrected chi connectivity index (χ4v) is 3.43. The molecule has 3 heteroatoms. The van der Waals surface area contributed by atoms with Gasteiger partial charge in [0.1, 0.15) is 5.75 Å². The molecule has 0 radical (unpaired) electrons. The highest BCUT2D eigenvalue weighted by molar-refractivity contribution is 9.10. The zero-order valence-electron chi connectivity index (χ0n) is 12.1. The average Bonchev–Trinajstić information content (AvgIpc) is 2.83. The minimum atomic E-state index is 0.375. The van der Waals surface area contributed by atoms with E-state index >= 15 is 0 Å². The Balaban J connectivity index is 1.95. The molecule has 1 aromatic rings. The van der Waals surface area contributed by atoms with Crippen LogP contribution in [0.25, 0.3) is 0 Å². The summed E-state index contributed by atoms with van der Waals surface area (Å²) in [5.41, 5.74) is 1.80. The van der Waals surface area contributed by atoms with Crippen LogP contribution in [0.15, 0.2) is 22.7 Å². The first kappa shape index (κ1) is 14.9. The second-order valence-corrected chi connectivity index (χ2v) is 6.87. The summed E-state index contributed by atoms with van der Waals surface area (Å²) in [4.78, 5) is 0. The molecule has 19 heavy (non-hydrogen) atoms. The molecule has 1 aliphatic rings. The summed E-state index contributed by atoms with van der Waals surface area (Å²) < 4.78 is 6.29. The summed E-state index contributed by atoms with van der Waals surface area (Å²) in [6.07, 6.45) is 5.50. The smallest absolute Gasteiger partial charge is 0.133 e. The van der Waals surface area contributed by atoms with E-state index in [1.165, 1.54) is 31.2 Å². The highest BCUT2D eigenvalue weighted by Gasteiger charge is 2.28. The fourth-order valence-electron chi connectivity index (χ4n) is 2.87. The molecule has 1 atom stereocenters. The third kappa shape index (κ3) is 3.73. The summed E-state index contributed by atoms with van der Waals surface area (Å²) >= 11 is 3.55. The summed E-state index contributed by atoms with van der Waals surface area (Å²) in [6, 6.07) is 6.68. The number of ether oxygens (including phenoxy) is 1. The molecule has 1 fully saturated rings. The Bertz CT molecular complexity index is 427. The molecule has 0 saturated heterocycles. The zero-order chi connectivity index (χ0) is 13.9. The average molecular weight is 326 g/mol. The Labute approximate surface area is 125 Å². The molecule has 1 unspecified atom stereocenters. The van der Waals surface area contributed by atoms with Gasteiger partial charge in [-0.1, -0.05) is 25.8 Å². The Morgan fingerprint density at radius 3 is 2.63 bits per heavy atom. The van der Waals surface area contributed by atoms with E-state index in [1.807, 2.05) is 6.07 Å². The minimum Gasteiger partial charge on any atom is -0.496 e. The van der Waals surface area contributed by atoms with Gasteiger partial charge in [-0.2, -0.15) is 0 Å². The highest BCUT2D eigenvalue weighted by Crippen LogP contribution is 2.37. The van der Waals surface area contributed by atoms with Gasteiger partial charge in [0.05, 0.1) is 11.6 Å². The number of halogens is 1. The molecule has 0 heterocycles. The zero-order valence-corrected chi connectivity index (χ0v) is 13.7. The third-order valence-electron chi connectivity index (χ3n) is 4.32. The summed E-state index contributed by atoms with van der Waals surface area (Å²) in [7, 11) is 1.70. The lowest BCUT2D eigenvalue weighted by molar-refractivity contribution is 0.302. The number of hydrogen-bond acceptors (Lipinski definition) is 2. The van der Waals surface area contributed by atoms with E-state index in [0.29, 0.717) is 11.5 Å². The van der Waals surface area contributed by atoms with Crippen LogP contribution in [0.2, 0.25) is 0 Å². The van der Waals surface area contributed by atoms with Gasteiger partial charge in [0.2, 0.25) is 0 Å². The maximum absolute atomic E-state index is 5.27. The first-order chi connectivity index (χ1) is 9.04. The standard InChI is InChI=1S/C16H24BrNO/c1-12(18-11-16(2)8-4-5-9-16)13-6-7-15(19-3)14(17)10-13/h6-7,10,12,18H,4-5,8-9,11H2,1-3H3. The molecule has 1 N–H and O–H groups in total. The molecule has 0 amide bonds. The van der Waals surface area contributed by atoms with Crippen molar-refractivity contribution >= 4 is 15.9 Å². The van der Waals surface area contributed by atoms with Crippen molar-refractivity contribution in [2.24, 2.45) is 5.41 Å². The molecule has 2 rings (SSSR count). The SMILES string of the molecule is COc1ccc(C(C)NCC2(C)CCCC2)cc1Br. The highest BCUT2D eigenvalue weighted by atomic mass is 79.9. The monoisotopic (exact) mass is 325 g/mol. The number of nitrogens with one attached hydrogen (secondary N) is 1. The van der Waals surface area contributed by atoms with Gasteiger partial charge < -0.3 is 10.1 Å². The van der Waals surface area contributed by atoms with Gasteiger partial charge in [-0.3, -0.25) is 0 Å². The van der Waals surface area contributed by atoms with Gasteiger partial charge in [0.25, 0.3) is 0 Å². The van der Waals surface area contributed by atoms with Crippen LogP contribution in [0.5, 0.6) is 5.75 Å². The topological polar surface area (TPSA) is 21.3 Å². The molecule has 106 valence electrons. The maximum atomic E-state index is 5.27. The molecule has 0 spiro atoms. The van der Waals surface area contributed by atoms with Gasteiger partial charge in [0, 0.05) is 12.6 Å². The number of hydrogen-bond donors (Lipinski definition) is 1. The number of benzene rings is 1. The Hall–Kier alpha value is -0.540. The Morgan fingerprint density at radius 2 is 2.05 bits per heavy atom. The Kier molecular flexibility index (Phi) is 4.91. The van der Waals surface area contributed by atoms with Gasteiger partial charge in [-0.15, -0.1) is 0 Å². The summed E-state index contributed by atoms with van der Waals surface area (Å²) in [5.74, 6) is 0.888. The van der Waals surface area contributed by atoms with Crippen LogP contribution < -0.4 is 10.1 Å². The third-order valence-corrected chi connectivity index (χ3v) is 4.94. The van der Waals surface area contributed by atoms with E-state index < -0.39 is 0 Å². The molecular formula is C16H24BrNO. The van der Waals surface area contributed by atoms with Crippen molar-refractivity contribution in [2.75, 3.05) is 13.7 Å². The molecule has 0 aromatic heterocycles. The molecule has 0 bridgehead atoms. The van der Waals surface area contributed by atoms with Crippen LogP contribution >= 0.6 is 15.9 Å². The molecule has 1 aliphatic carbocycles. The van der Waals surface area contributed by atoms with Crippen LogP contribution in [0.1, 0.15) is 51.1 Å². The first-order valence-electron chi connectivity index (χ1n) is 7.11. The second-order valence-electron chi connectivity index (χ2n) is 6.01. The van der Waals surface area contributed by atoms with E-state index in [0.717, 1.165) is 16.8 Å². The lowest BCUT2D eigenvalue weighted by Crippen LogP contribution is -2.31. The Morgan fingerprint density at radius 1 is 1.37 bits per heavy atom.